The molecule has 0 bridgehead atoms. The third kappa shape index (κ3) is 4.98. The van der Waals surface area contributed by atoms with Crippen LogP contribution in [0.4, 0.5) is 5.69 Å². The first-order valence-electron chi connectivity index (χ1n) is 8.56. The fourth-order valence-corrected chi connectivity index (χ4v) is 3.57. The van der Waals surface area contributed by atoms with Crippen LogP contribution in [0.5, 0.6) is 0 Å². The highest BCUT2D eigenvalue weighted by Gasteiger charge is 2.17. The topological polar surface area (TPSA) is 94.3 Å². The first-order chi connectivity index (χ1) is 13.5. The molecule has 1 N–H and O–H groups in total. The van der Waals surface area contributed by atoms with E-state index < -0.39 is 11.9 Å². The zero-order valence-corrected chi connectivity index (χ0v) is 16.3. The lowest BCUT2D eigenvalue weighted by atomic mass is 10.2. The van der Waals surface area contributed by atoms with Gasteiger partial charge in [-0.1, -0.05) is 23.4 Å². The van der Waals surface area contributed by atoms with Gasteiger partial charge in [-0.2, -0.15) is 0 Å². The summed E-state index contributed by atoms with van der Waals surface area (Å²) in [6.07, 6.45) is 1.61. The van der Waals surface area contributed by atoms with Gasteiger partial charge in [-0.3, -0.25) is 4.79 Å². The Morgan fingerprint density at radius 2 is 1.93 bits per heavy atom. The number of hydrogen-bond acceptors (Lipinski definition) is 7. The van der Waals surface area contributed by atoms with Gasteiger partial charge in [0.15, 0.2) is 6.61 Å². The standard InChI is InChI=1S/C20H19N3O4S/c1-13-17(14(2)27-23-13)12-28-19-16(9-6-10-21-19)20(25)26-11-18(24)22-15-7-4-3-5-8-15/h3-10H,11-12H2,1-2H3,(H,22,24). The van der Waals surface area contributed by atoms with Gasteiger partial charge >= 0.3 is 5.97 Å². The number of carbonyl (C=O) groups is 2. The Morgan fingerprint density at radius 3 is 2.64 bits per heavy atom. The number of benzene rings is 1. The Bertz CT molecular complexity index is 953. The van der Waals surface area contributed by atoms with Crippen molar-refractivity contribution in [2.24, 2.45) is 0 Å². The second kappa shape index (κ2) is 9.18. The van der Waals surface area contributed by atoms with Crippen molar-refractivity contribution in [2.45, 2.75) is 24.6 Å². The van der Waals surface area contributed by atoms with Gasteiger partial charge in [0.25, 0.3) is 5.91 Å². The Kier molecular flexibility index (Phi) is 6.44. The van der Waals surface area contributed by atoms with Crippen molar-refractivity contribution >= 4 is 29.3 Å². The molecular weight excluding hydrogens is 378 g/mol. The molecule has 1 amide bonds. The number of anilines is 1. The van der Waals surface area contributed by atoms with E-state index in [0.29, 0.717) is 22.0 Å². The van der Waals surface area contributed by atoms with Gasteiger partial charge in [-0.05, 0) is 38.1 Å². The third-order valence-electron chi connectivity index (χ3n) is 3.92. The second-order valence-electron chi connectivity index (χ2n) is 5.94. The number of nitrogens with zero attached hydrogens (tertiary/aromatic N) is 2. The molecule has 0 unspecified atom stereocenters. The smallest absolute Gasteiger partial charge is 0.341 e. The third-order valence-corrected chi connectivity index (χ3v) is 4.95. The maximum atomic E-state index is 12.4. The minimum absolute atomic E-state index is 0.312. The van der Waals surface area contributed by atoms with Crippen LogP contribution in [0, 0.1) is 13.8 Å². The number of carbonyl (C=O) groups excluding carboxylic acids is 2. The number of amides is 1. The summed E-state index contributed by atoms with van der Waals surface area (Å²) in [6.45, 7) is 3.33. The monoisotopic (exact) mass is 397 g/mol. The van der Waals surface area contributed by atoms with E-state index in [0.717, 1.165) is 17.0 Å². The predicted octanol–water partition coefficient (Wildman–Crippen LogP) is 3.77. The summed E-state index contributed by atoms with van der Waals surface area (Å²) in [5, 5.41) is 7.11. The van der Waals surface area contributed by atoms with Crippen molar-refractivity contribution < 1.29 is 18.8 Å². The zero-order chi connectivity index (χ0) is 19.9. The van der Waals surface area contributed by atoms with Crippen LogP contribution in [-0.4, -0.2) is 28.6 Å². The van der Waals surface area contributed by atoms with Crippen LogP contribution in [-0.2, 0) is 15.3 Å². The molecule has 0 atom stereocenters. The quantitative estimate of drug-likeness (QED) is 0.479. The number of aryl methyl sites for hydroxylation is 2. The maximum Gasteiger partial charge on any atom is 0.341 e. The number of ether oxygens (including phenoxy) is 1. The lowest BCUT2D eigenvalue weighted by Crippen LogP contribution is -2.21. The number of hydrogen-bond donors (Lipinski definition) is 1. The van der Waals surface area contributed by atoms with E-state index in [2.05, 4.69) is 15.5 Å². The first-order valence-corrected chi connectivity index (χ1v) is 9.54. The van der Waals surface area contributed by atoms with E-state index in [1.54, 1.807) is 42.6 Å². The lowest BCUT2D eigenvalue weighted by molar-refractivity contribution is -0.119. The Morgan fingerprint density at radius 1 is 1.14 bits per heavy atom. The highest BCUT2D eigenvalue weighted by atomic mass is 32.2. The summed E-state index contributed by atoms with van der Waals surface area (Å²) in [6, 6.07) is 12.2. The van der Waals surface area contributed by atoms with Crippen LogP contribution in [0.2, 0.25) is 0 Å². The molecule has 0 saturated carbocycles. The van der Waals surface area contributed by atoms with Crippen LogP contribution >= 0.6 is 11.8 Å². The molecule has 0 radical (unpaired) electrons. The van der Waals surface area contributed by atoms with E-state index >= 15 is 0 Å². The number of thioether (sulfide) groups is 1. The average molecular weight is 397 g/mol. The molecule has 0 spiro atoms. The fourth-order valence-electron chi connectivity index (χ4n) is 2.44. The van der Waals surface area contributed by atoms with Gasteiger partial charge in [-0.25, -0.2) is 9.78 Å². The van der Waals surface area contributed by atoms with Crippen molar-refractivity contribution in [3.8, 4) is 0 Å². The van der Waals surface area contributed by atoms with Crippen LogP contribution in [0.3, 0.4) is 0 Å². The van der Waals surface area contributed by atoms with Crippen molar-refractivity contribution in [1.82, 2.24) is 10.1 Å². The number of nitrogens with one attached hydrogen (secondary N) is 1. The van der Waals surface area contributed by atoms with Gasteiger partial charge in [0, 0.05) is 23.2 Å². The van der Waals surface area contributed by atoms with Crippen LogP contribution in [0.15, 0.2) is 58.2 Å². The first kappa shape index (κ1) is 19.6. The average Bonchev–Trinajstić information content (AvgIpc) is 3.03. The normalized spacial score (nSPS) is 10.5. The Hall–Kier alpha value is -3.13. The molecular formula is C20H19N3O4S. The van der Waals surface area contributed by atoms with E-state index in [1.807, 2.05) is 19.9 Å². The second-order valence-corrected chi connectivity index (χ2v) is 6.90. The van der Waals surface area contributed by atoms with E-state index in [-0.39, 0.29) is 6.61 Å². The van der Waals surface area contributed by atoms with Gasteiger partial charge in [0.2, 0.25) is 0 Å². The van der Waals surface area contributed by atoms with Gasteiger partial charge in [0.05, 0.1) is 11.3 Å². The number of pyridine rings is 1. The molecule has 2 aromatic heterocycles. The van der Waals surface area contributed by atoms with E-state index in [9.17, 15) is 9.59 Å². The molecule has 2 heterocycles. The molecule has 0 saturated heterocycles. The van der Waals surface area contributed by atoms with E-state index in [1.165, 1.54) is 11.8 Å². The molecule has 0 fully saturated rings. The van der Waals surface area contributed by atoms with Gasteiger partial charge in [-0.15, -0.1) is 11.8 Å². The van der Waals surface area contributed by atoms with Crippen LogP contribution in [0.1, 0.15) is 27.4 Å². The summed E-state index contributed by atoms with van der Waals surface area (Å²) in [5.74, 6) is 0.293. The highest BCUT2D eigenvalue weighted by Crippen LogP contribution is 2.27. The van der Waals surface area contributed by atoms with Gasteiger partial charge in [0.1, 0.15) is 10.8 Å². The highest BCUT2D eigenvalue weighted by molar-refractivity contribution is 7.98. The molecule has 3 aromatic rings. The van der Waals surface area contributed by atoms with Gasteiger partial charge < -0.3 is 14.6 Å². The minimum atomic E-state index is -0.599. The number of para-hydroxylation sites is 1. The van der Waals surface area contributed by atoms with Crippen molar-refractivity contribution in [2.75, 3.05) is 11.9 Å². The number of rotatable bonds is 7. The summed E-state index contributed by atoms with van der Waals surface area (Å²) >= 11 is 1.39. The maximum absolute atomic E-state index is 12.4. The summed E-state index contributed by atoms with van der Waals surface area (Å²) < 4.78 is 10.3. The molecule has 0 aliphatic rings. The SMILES string of the molecule is Cc1noc(C)c1CSc1ncccc1C(=O)OCC(=O)Nc1ccccc1. The summed E-state index contributed by atoms with van der Waals surface area (Å²) in [5.41, 5.74) is 2.73. The van der Waals surface area contributed by atoms with Crippen molar-refractivity contribution in [3.63, 3.8) is 0 Å². The Labute approximate surface area is 166 Å². The minimum Gasteiger partial charge on any atom is -0.452 e. The molecule has 1 aromatic carbocycles. The molecule has 0 aliphatic carbocycles. The van der Waals surface area contributed by atoms with Crippen molar-refractivity contribution in [1.29, 1.82) is 0 Å². The molecule has 7 nitrogen and oxygen atoms in total. The number of aromatic nitrogens is 2. The molecule has 8 heteroatoms. The molecule has 144 valence electrons. The molecule has 0 aliphatic heterocycles. The Balaban J connectivity index is 1.60. The zero-order valence-electron chi connectivity index (χ0n) is 15.5. The number of esters is 1. The van der Waals surface area contributed by atoms with Crippen molar-refractivity contribution in [3.05, 3.63) is 71.2 Å². The van der Waals surface area contributed by atoms with Crippen LogP contribution in [0.25, 0.3) is 0 Å². The lowest BCUT2D eigenvalue weighted by Gasteiger charge is -2.09. The summed E-state index contributed by atoms with van der Waals surface area (Å²) in [7, 11) is 0. The molecule has 3 rings (SSSR count). The van der Waals surface area contributed by atoms with E-state index in [4.69, 9.17) is 9.26 Å². The molecule has 28 heavy (non-hydrogen) atoms. The largest absolute Gasteiger partial charge is 0.452 e. The van der Waals surface area contributed by atoms with Crippen LogP contribution < -0.4 is 5.32 Å². The summed E-state index contributed by atoms with van der Waals surface area (Å²) in [4.78, 5) is 28.7. The fraction of sp³-hybridized carbons (Fsp3) is 0.200. The predicted molar refractivity (Wildman–Crippen MR) is 105 cm³/mol.